The zero-order chi connectivity index (χ0) is 16.1. The predicted octanol–water partition coefficient (Wildman–Crippen LogP) is 1.54. The number of nitrogens with one attached hydrogen (secondary N) is 1. The van der Waals surface area contributed by atoms with Crippen molar-refractivity contribution in [1.82, 2.24) is 20.2 Å². The first-order valence-electron chi connectivity index (χ1n) is 7.79. The third kappa shape index (κ3) is 4.27. The van der Waals surface area contributed by atoms with Crippen LogP contribution in [0.3, 0.4) is 0 Å². The molecule has 0 aromatic carbocycles. The Morgan fingerprint density at radius 3 is 2.65 bits per heavy atom. The maximum Gasteiger partial charge on any atom is 0.234 e. The van der Waals surface area contributed by atoms with Crippen molar-refractivity contribution in [1.29, 1.82) is 0 Å². The van der Waals surface area contributed by atoms with Crippen molar-refractivity contribution in [3.63, 3.8) is 0 Å². The number of rotatable bonds is 5. The van der Waals surface area contributed by atoms with Gasteiger partial charge in [-0.2, -0.15) is 0 Å². The number of thiophene rings is 1. The van der Waals surface area contributed by atoms with Gasteiger partial charge in [0, 0.05) is 43.4 Å². The van der Waals surface area contributed by atoms with E-state index in [1.807, 2.05) is 30.5 Å². The van der Waals surface area contributed by atoms with Crippen LogP contribution in [0.2, 0.25) is 0 Å². The van der Waals surface area contributed by atoms with Crippen LogP contribution in [0.25, 0.3) is 0 Å². The van der Waals surface area contributed by atoms with Gasteiger partial charge in [-0.15, -0.1) is 11.3 Å². The van der Waals surface area contributed by atoms with E-state index in [2.05, 4.69) is 25.1 Å². The predicted molar refractivity (Wildman–Crippen MR) is 91.6 cm³/mol. The van der Waals surface area contributed by atoms with Crippen LogP contribution in [0.5, 0.6) is 0 Å². The monoisotopic (exact) mass is 331 g/mol. The van der Waals surface area contributed by atoms with Gasteiger partial charge in [0.15, 0.2) is 0 Å². The van der Waals surface area contributed by atoms with Crippen molar-refractivity contribution >= 4 is 23.2 Å². The van der Waals surface area contributed by atoms with E-state index in [9.17, 15) is 4.79 Å². The minimum Gasteiger partial charge on any atom is -0.348 e. The minimum atomic E-state index is 0.0708. The molecule has 7 heteroatoms. The van der Waals surface area contributed by atoms with Gasteiger partial charge >= 0.3 is 0 Å². The van der Waals surface area contributed by atoms with Crippen molar-refractivity contribution in [2.24, 2.45) is 0 Å². The van der Waals surface area contributed by atoms with Gasteiger partial charge in [-0.3, -0.25) is 9.69 Å². The maximum atomic E-state index is 12.2. The number of carbonyl (C=O) groups excluding carboxylic acids is 1. The molecule has 1 atom stereocenters. The Kier molecular flexibility index (Phi) is 5.19. The molecule has 1 aliphatic rings. The van der Waals surface area contributed by atoms with Gasteiger partial charge in [0.05, 0.1) is 12.6 Å². The highest BCUT2D eigenvalue weighted by atomic mass is 32.1. The summed E-state index contributed by atoms with van der Waals surface area (Å²) < 4.78 is 0. The van der Waals surface area contributed by atoms with Crippen LogP contribution < -0.4 is 10.2 Å². The zero-order valence-electron chi connectivity index (χ0n) is 13.2. The molecule has 0 unspecified atom stereocenters. The second-order valence-electron chi connectivity index (χ2n) is 5.62. The van der Waals surface area contributed by atoms with Crippen LogP contribution in [-0.4, -0.2) is 53.5 Å². The van der Waals surface area contributed by atoms with E-state index in [1.54, 1.807) is 23.7 Å². The summed E-state index contributed by atoms with van der Waals surface area (Å²) in [7, 11) is 0. The Labute approximate surface area is 140 Å². The molecule has 2 aromatic rings. The molecule has 0 spiro atoms. The number of hydrogen-bond acceptors (Lipinski definition) is 6. The van der Waals surface area contributed by atoms with Crippen LogP contribution in [0.15, 0.2) is 36.0 Å². The highest BCUT2D eigenvalue weighted by molar-refractivity contribution is 7.10. The highest BCUT2D eigenvalue weighted by Gasteiger charge is 2.21. The Balaban J connectivity index is 1.44. The van der Waals surface area contributed by atoms with Crippen LogP contribution in [0, 0.1) is 0 Å². The molecule has 3 rings (SSSR count). The van der Waals surface area contributed by atoms with E-state index in [0.717, 1.165) is 32.1 Å². The summed E-state index contributed by atoms with van der Waals surface area (Å²) in [5.41, 5.74) is 0. The minimum absolute atomic E-state index is 0.0708. The van der Waals surface area contributed by atoms with Crippen LogP contribution >= 0.6 is 11.3 Å². The Bertz CT molecular complexity index is 611. The van der Waals surface area contributed by atoms with E-state index in [0.29, 0.717) is 6.54 Å². The molecule has 0 aliphatic carbocycles. The first-order valence-corrected chi connectivity index (χ1v) is 8.67. The molecule has 23 heavy (non-hydrogen) atoms. The molecule has 1 N–H and O–H groups in total. The maximum absolute atomic E-state index is 12.2. The number of amides is 1. The third-order valence-corrected chi connectivity index (χ3v) is 4.98. The van der Waals surface area contributed by atoms with Gasteiger partial charge in [-0.25, -0.2) is 9.97 Å². The quantitative estimate of drug-likeness (QED) is 0.900. The van der Waals surface area contributed by atoms with Gasteiger partial charge in [0.2, 0.25) is 11.9 Å². The van der Waals surface area contributed by atoms with Gasteiger partial charge in [-0.1, -0.05) is 6.07 Å². The molecule has 1 amide bonds. The molecule has 0 saturated carbocycles. The number of carbonyl (C=O) groups is 1. The number of piperazine rings is 1. The molecule has 0 bridgehead atoms. The molecule has 1 aliphatic heterocycles. The molecule has 2 aromatic heterocycles. The first kappa shape index (κ1) is 15.9. The molecule has 0 radical (unpaired) electrons. The van der Waals surface area contributed by atoms with Gasteiger partial charge in [0.1, 0.15) is 0 Å². The summed E-state index contributed by atoms with van der Waals surface area (Å²) in [6.07, 6.45) is 3.52. The smallest absolute Gasteiger partial charge is 0.234 e. The number of aromatic nitrogens is 2. The van der Waals surface area contributed by atoms with Crippen LogP contribution in [0.4, 0.5) is 5.95 Å². The van der Waals surface area contributed by atoms with E-state index in [1.165, 1.54) is 4.88 Å². The summed E-state index contributed by atoms with van der Waals surface area (Å²) in [6.45, 7) is 5.85. The van der Waals surface area contributed by atoms with E-state index in [4.69, 9.17) is 0 Å². The van der Waals surface area contributed by atoms with Crippen LogP contribution in [-0.2, 0) is 4.79 Å². The Morgan fingerprint density at radius 1 is 1.26 bits per heavy atom. The summed E-state index contributed by atoms with van der Waals surface area (Å²) in [4.78, 5) is 26.2. The lowest BCUT2D eigenvalue weighted by molar-refractivity contribution is -0.122. The Hall–Kier alpha value is -1.99. The molecule has 122 valence electrons. The molecule has 3 heterocycles. The summed E-state index contributed by atoms with van der Waals surface area (Å²) in [5.74, 6) is 0.846. The van der Waals surface area contributed by atoms with Crippen molar-refractivity contribution in [2.75, 3.05) is 37.6 Å². The fourth-order valence-corrected chi connectivity index (χ4v) is 3.39. The topological polar surface area (TPSA) is 61.4 Å². The second-order valence-corrected chi connectivity index (χ2v) is 6.60. The van der Waals surface area contributed by atoms with E-state index < -0.39 is 0 Å². The summed E-state index contributed by atoms with van der Waals surface area (Å²) >= 11 is 1.67. The fourth-order valence-electron chi connectivity index (χ4n) is 2.66. The largest absolute Gasteiger partial charge is 0.348 e. The van der Waals surface area contributed by atoms with Crippen molar-refractivity contribution in [3.8, 4) is 0 Å². The van der Waals surface area contributed by atoms with Crippen LogP contribution in [0.1, 0.15) is 17.8 Å². The number of hydrogen-bond donors (Lipinski definition) is 1. The molecular formula is C16H21N5OS. The average Bonchev–Trinajstić information content (AvgIpc) is 3.11. The second kappa shape index (κ2) is 7.52. The number of nitrogens with zero attached hydrogens (tertiary/aromatic N) is 4. The summed E-state index contributed by atoms with van der Waals surface area (Å²) in [6, 6.07) is 5.95. The first-order chi connectivity index (χ1) is 11.2. The SMILES string of the molecule is C[C@@H](NC(=O)CN1CCN(c2ncccn2)CC1)c1cccs1. The normalized spacial score (nSPS) is 17.0. The van der Waals surface area contributed by atoms with Crippen molar-refractivity contribution in [3.05, 3.63) is 40.8 Å². The Morgan fingerprint density at radius 2 is 2.00 bits per heavy atom. The lowest BCUT2D eigenvalue weighted by Gasteiger charge is -2.34. The standard InChI is InChI=1S/C16H21N5OS/c1-13(14-4-2-11-23-14)19-15(22)12-20-7-9-21(10-8-20)16-17-5-3-6-18-16/h2-6,11,13H,7-10,12H2,1H3,(H,19,22)/t13-/m1/s1. The summed E-state index contributed by atoms with van der Waals surface area (Å²) in [5, 5.41) is 5.09. The van der Waals surface area contributed by atoms with Gasteiger partial charge in [0.25, 0.3) is 0 Å². The lowest BCUT2D eigenvalue weighted by atomic mass is 10.2. The van der Waals surface area contributed by atoms with Gasteiger partial charge in [-0.05, 0) is 24.4 Å². The van der Waals surface area contributed by atoms with Crippen molar-refractivity contribution < 1.29 is 4.79 Å². The van der Waals surface area contributed by atoms with E-state index >= 15 is 0 Å². The van der Waals surface area contributed by atoms with Crippen molar-refractivity contribution in [2.45, 2.75) is 13.0 Å². The van der Waals surface area contributed by atoms with Gasteiger partial charge < -0.3 is 10.2 Å². The average molecular weight is 331 g/mol. The highest BCUT2D eigenvalue weighted by Crippen LogP contribution is 2.18. The third-order valence-electron chi connectivity index (χ3n) is 3.92. The molecular weight excluding hydrogens is 310 g/mol. The molecule has 1 fully saturated rings. The zero-order valence-corrected chi connectivity index (χ0v) is 14.0. The van der Waals surface area contributed by atoms with E-state index in [-0.39, 0.29) is 11.9 Å². The lowest BCUT2D eigenvalue weighted by Crippen LogP contribution is -2.50. The number of anilines is 1. The molecule has 6 nitrogen and oxygen atoms in total. The fraction of sp³-hybridized carbons (Fsp3) is 0.438. The molecule has 1 saturated heterocycles.